The first-order chi connectivity index (χ1) is 20.0. The van der Waals surface area contributed by atoms with E-state index in [4.69, 9.17) is 9.47 Å². The van der Waals surface area contributed by atoms with Crippen LogP contribution in [0.15, 0.2) is 48.5 Å². The summed E-state index contributed by atoms with van der Waals surface area (Å²) in [5.41, 5.74) is 1.78. The molecule has 0 aliphatic carbocycles. The molecule has 2 aromatic rings. The van der Waals surface area contributed by atoms with Crippen molar-refractivity contribution in [2.75, 3.05) is 19.8 Å². The summed E-state index contributed by atoms with van der Waals surface area (Å²) in [6.07, 6.45) is 18.0. The van der Waals surface area contributed by atoms with Crippen molar-refractivity contribution in [1.29, 1.82) is 0 Å². The lowest BCUT2D eigenvalue weighted by molar-refractivity contribution is -0.138. The number of unbranched alkanes of at least 4 members (excludes halogenated alkanes) is 13. The summed E-state index contributed by atoms with van der Waals surface area (Å²) in [5, 5.41) is 13.7. The van der Waals surface area contributed by atoms with Gasteiger partial charge in [-0.15, -0.1) is 0 Å². The number of alkyl halides is 1. The second-order valence-electron chi connectivity index (χ2n) is 10.7. The standard InChI is InChI=1S/C34H50FNO5/c1-2-3-4-5-6-7-8-9-10-11-12-13-14-15-24-36-34(39)29-18-16-28(17-19-29)26-40-30-20-22-31(23-21-30)41-27-33(38)32(37)25-35/h16-23,34,36,39H,2-15,24-27H2,1H3. The summed E-state index contributed by atoms with van der Waals surface area (Å²) < 4.78 is 23.2. The highest BCUT2D eigenvalue weighted by Gasteiger charge is 2.13. The van der Waals surface area contributed by atoms with Crippen LogP contribution >= 0.6 is 0 Å². The number of benzene rings is 2. The first-order valence-electron chi connectivity index (χ1n) is 15.5. The average molecular weight is 572 g/mol. The van der Waals surface area contributed by atoms with Crippen molar-refractivity contribution in [3.63, 3.8) is 0 Å². The van der Waals surface area contributed by atoms with E-state index in [0.29, 0.717) is 18.1 Å². The molecule has 0 saturated heterocycles. The molecular formula is C34H50FNO5. The van der Waals surface area contributed by atoms with Crippen molar-refractivity contribution in [2.24, 2.45) is 0 Å². The zero-order valence-corrected chi connectivity index (χ0v) is 24.9. The molecule has 2 N–H and O–H groups in total. The van der Waals surface area contributed by atoms with Gasteiger partial charge in [-0.25, -0.2) is 4.39 Å². The van der Waals surface area contributed by atoms with Crippen LogP contribution in [0, 0.1) is 0 Å². The predicted octanol–water partition coefficient (Wildman–Crippen LogP) is 7.81. The number of hydrogen-bond donors (Lipinski definition) is 2. The SMILES string of the molecule is CCCCCCCCCCCCCCCCNC(O)c1ccc(COc2ccc(OCC(=O)C(=O)CF)cc2)cc1. The minimum absolute atomic E-state index is 0.354. The van der Waals surface area contributed by atoms with Gasteiger partial charge in [0.1, 0.15) is 24.3 Å². The maximum atomic E-state index is 12.2. The Labute approximate surface area is 246 Å². The molecule has 0 bridgehead atoms. The molecule has 0 heterocycles. The van der Waals surface area contributed by atoms with Crippen LogP contribution in [0.4, 0.5) is 4.39 Å². The molecule has 0 fully saturated rings. The Morgan fingerprint density at radius 3 is 1.71 bits per heavy atom. The van der Waals surface area contributed by atoms with Gasteiger partial charge in [-0.2, -0.15) is 0 Å². The van der Waals surface area contributed by atoms with Gasteiger partial charge in [-0.1, -0.05) is 115 Å². The third kappa shape index (κ3) is 15.7. The molecule has 2 rings (SSSR count). The quantitative estimate of drug-likeness (QED) is 0.0718. The molecule has 0 radical (unpaired) electrons. The molecule has 0 aromatic heterocycles. The number of aliphatic hydroxyl groups excluding tert-OH is 1. The van der Waals surface area contributed by atoms with Gasteiger partial charge >= 0.3 is 0 Å². The first-order valence-corrected chi connectivity index (χ1v) is 15.5. The predicted molar refractivity (Wildman–Crippen MR) is 162 cm³/mol. The molecule has 0 amide bonds. The third-order valence-corrected chi connectivity index (χ3v) is 7.20. The molecule has 6 nitrogen and oxygen atoms in total. The Morgan fingerprint density at radius 1 is 0.707 bits per heavy atom. The highest BCUT2D eigenvalue weighted by atomic mass is 19.1. The van der Waals surface area contributed by atoms with Gasteiger partial charge < -0.3 is 14.6 Å². The van der Waals surface area contributed by atoms with E-state index in [1.54, 1.807) is 24.3 Å². The van der Waals surface area contributed by atoms with E-state index in [-0.39, 0.29) is 0 Å². The smallest absolute Gasteiger partial charge is 0.238 e. The number of aliphatic hydroxyl groups is 1. The van der Waals surface area contributed by atoms with Gasteiger partial charge in [0, 0.05) is 0 Å². The Morgan fingerprint density at radius 2 is 1.20 bits per heavy atom. The van der Waals surface area contributed by atoms with E-state index in [1.807, 2.05) is 24.3 Å². The second-order valence-corrected chi connectivity index (χ2v) is 10.7. The van der Waals surface area contributed by atoms with Gasteiger partial charge in [0.2, 0.25) is 11.6 Å². The first kappa shape index (κ1) is 34.4. The Hall–Kier alpha value is -2.77. The summed E-state index contributed by atoms with van der Waals surface area (Å²) in [7, 11) is 0. The van der Waals surface area contributed by atoms with Gasteiger partial charge in [0.25, 0.3) is 0 Å². The fourth-order valence-corrected chi connectivity index (χ4v) is 4.57. The fourth-order valence-electron chi connectivity index (χ4n) is 4.57. The van der Waals surface area contributed by atoms with E-state index >= 15 is 0 Å². The molecule has 2 aromatic carbocycles. The summed E-state index contributed by atoms with van der Waals surface area (Å²) in [6.45, 7) is 1.61. The highest BCUT2D eigenvalue weighted by molar-refractivity contribution is 6.38. The zero-order valence-electron chi connectivity index (χ0n) is 24.9. The van der Waals surface area contributed by atoms with Crippen LogP contribution in [0.25, 0.3) is 0 Å². The molecule has 1 unspecified atom stereocenters. The summed E-state index contributed by atoms with van der Waals surface area (Å²) in [6, 6.07) is 14.3. The minimum atomic E-state index is -1.31. The van der Waals surface area contributed by atoms with Crippen LogP contribution in [0.2, 0.25) is 0 Å². The van der Waals surface area contributed by atoms with Crippen molar-refractivity contribution in [3.05, 3.63) is 59.7 Å². The summed E-state index contributed by atoms with van der Waals surface area (Å²) in [4.78, 5) is 22.3. The van der Waals surface area contributed by atoms with Crippen LogP contribution < -0.4 is 14.8 Å². The van der Waals surface area contributed by atoms with Crippen molar-refractivity contribution in [2.45, 2.75) is 110 Å². The van der Waals surface area contributed by atoms with Crippen LogP contribution in [-0.4, -0.2) is 36.5 Å². The second kappa shape index (κ2) is 21.9. The van der Waals surface area contributed by atoms with E-state index in [2.05, 4.69) is 12.2 Å². The Bertz CT molecular complexity index is 964. The van der Waals surface area contributed by atoms with E-state index in [9.17, 15) is 19.1 Å². The highest BCUT2D eigenvalue weighted by Crippen LogP contribution is 2.20. The lowest BCUT2D eigenvalue weighted by Crippen LogP contribution is -2.22. The maximum Gasteiger partial charge on any atom is 0.238 e. The van der Waals surface area contributed by atoms with Gasteiger partial charge in [0.15, 0.2) is 13.3 Å². The Balaban J connectivity index is 1.51. The molecule has 0 aliphatic rings. The van der Waals surface area contributed by atoms with Gasteiger partial charge in [-0.3, -0.25) is 14.9 Å². The maximum absolute atomic E-state index is 12.2. The summed E-state index contributed by atoms with van der Waals surface area (Å²) >= 11 is 0. The number of Topliss-reactive ketones (excluding diaryl/α,β-unsaturated/α-hetero) is 2. The number of carbonyl (C=O) groups excluding carboxylic acids is 2. The van der Waals surface area contributed by atoms with Crippen molar-refractivity contribution < 1.29 is 28.6 Å². The van der Waals surface area contributed by atoms with Crippen LogP contribution in [0.5, 0.6) is 11.5 Å². The molecule has 0 saturated carbocycles. The topological polar surface area (TPSA) is 84.9 Å². The normalized spacial score (nSPS) is 11.8. The molecule has 41 heavy (non-hydrogen) atoms. The van der Waals surface area contributed by atoms with E-state index in [0.717, 1.165) is 24.1 Å². The number of rotatable bonds is 25. The van der Waals surface area contributed by atoms with Crippen LogP contribution in [0.3, 0.4) is 0 Å². The third-order valence-electron chi connectivity index (χ3n) is 7.20. The van der Waals surface area contributed by atoms with Gasteiger partial charge in [-0.05, 0) is 48.4 Å². The largest absolute Gasteiger partial charge is 0.489 e. The number of nitrogens with one attached hydrogen (secondary N) is 1. The number of hydrogen-bond acceptors (Lipinski definition) is 6. The number of ketones is 2. The minimum Gasteiger partial charge on any atom is -0.489 e. The lowest BCUT2D eigenvalue weighted by Gasteiger charge is -2.14. The molecule has 1 atom stereocenters. The molecule has 228 valence electrons. The molecule has 0 aliphatic heterocycles. The van der Waals surface area contributed by atoms with Crippen LogP contribution in [0.1, 0.15) is 114 Å². The van der Waals surface area contributed by atoms with E-state index in [1.165, 1.54) is 83.5 Å². The number of halogens is 1. The fraction of sp³-hybridized carbons (Fsp3) is 0.588. The Kier molecular flexibility index (Phi) is 18.4. The van der Waals surface area contributed by atoms with Crippen LogP contribution in [-0.2, 0) is 16.2 Å². The number of ether oxygens (including phenoxy) is 2. The zero-order chi connectivity index (χ0) is 29.5. The monoisotopic (exact) mass is 571 g/mol. The number of carbonyl (C=O) groups is 2. The van der Waals surface area contributed by atoms with E-state index < -0.39 is 31.1 Å². The molecule has 0 spiro atoms. The average Bonchev–Trinajstić information content (AvgIpc) is 3.00. The molecule has 7 heteroatoms. The lowest BCUT2D eigenvalue weighted by atomic mass is 10.0. The van der Waals surface area contributed by atoms with Crippen molar-refractivity contribution in [1.82, 2.24) is 5.32 Å². The van der Waals surface area contributed by atoms with Gasteiger partial charge in [0.05, 0.1) is 0 Å². The van der Waals surface area contributed by atoms with Crippen molar-refractivity contribution >= 4 is 11.6 Å². The van der Waals surface area contributed by atoms with Crippen molar-refractivity contribution in [3.8, 4) is 11.5 Å². The summed E-state index contributed by atoms with van der Waals surface area (Å²) in [5.74, 6) is -0.990. The molecular weight excluding hydrogens is 521 g/mol.